The summed E-state index contributed by atoms with van der Waals surface area (Å²) in [5.41, 5.74) is 4.17. The first-order valence-electron chi connectivity index (χ1n) is 7.89. The summed E-state index contributed by atoms with van der Waals surface area (Å²) in [6.07, 6.45) is 1.70. The van der Waals surface area contributed by atoms with E-state index in [4.69, 9.17) is 0 Å². The van der Waals surface area contributed by atoms with Crippen molar-refractivity contribution in [1.29, 1.82) is 0 Å². The van der Waals surface area contributed by atoms with E-state index in [1.807, 2.05) is 26.0 Å². The Bertz CT molecular complexity index is 846. The summed E-state index contributed by atoms with van der Waals surface area (Å²) in [7, 11) is 0. The van der Waals surface area contributed by atoms with E-state index >= 15 is 0 Å². The van der Waals surface area contributed by atoms with Crippen LogP contribution in [0.15, 0.2) is 52.7 Å². The van der Waals surface area contributed by atoms with Gasteiger partial charge in [0.1, 0.15) is 5.82 Å². The van der Waals surface area contributed by atoms with Crippen LogP contribution in [-0.4, -0.2) is 27.9 Å². The fourth-order valence-electron chi connectivity index (χ4n) is 2.51. The molecule has 1 heterocycles. The van der Waals surface area contributed by atoms with Crippen molar-refractivity contribution < 1.29 is 9.18 Å². The first-order chi connectivity index (χ1) is 12.0. The van der Waals surface area contributed by atoms with Gasteiger partial charge in [-0.25, -0.2) is 4.39 Å². The number of aryl methyl sites for hydroxylation is 2. The van der Waals surface area contributed by atoms with Gasteiger partial charge >= 0.3 is 0 Å². The molecule has 0 atom stereocenters. The van der Waals surface area contributed by atoms with Crippen molar-refractivity contribution in [2.45, 2.75) is 20.4 Å². The topological polar surface area (TPSA) is 45.0 Å². The number of halogens is 1. The van der Waals surface area contributed by atoms with Crippen molar-refractivity contribution in [2.75, 3.05) is 5.75 Å². The number of benzene rings is 2. The van der Waals surface area contributed by atoms with E-state index < -0.39 is 0 Å². The lowest BCUT2D eigenvalue weighted by molar-refractivity contribution is -0.124. The standard InChI is InChI=1S/C19H18FN3OS/c1-13-3-6-16(14(2)9-13)10-21-22-19-23(18(24)12-25-19)11-15-4-7-17(20)8-5-15/h3-10H,11-12H2,1-2H3/b21-10-,22-19-. The zero-order valence-corrected chi connectivity index (χ0v) is 14.9. The predicted octanol–water partition coefficient (Wildman–Crippen LogP) is 3.91. The van der Waals surface area contributed by atoms with E-state index in [9.17, 15) is 9.18 Å². The molecule has 1 saturated heterocycles. The SMILES string of the molecule is Cc1ccc(/C=N\N=C2/SCC(=O)N2Cc2ccc(F)cc2)c(C)c1. The maximum atomic E-state index is 13.0. The molecule has 1 aliphatic rings. The molecule has 2 aromatic rings. The van der Waals surface area contributed by atoms with Crippen LogP contribution in [0.1, 0.15) is 22.3 Å². The molecule has 2 aromatic carbocycles. The monoisotopic (exact) mass is 355 g/mol. The van der Waals surface area contributed by atoms with E-state index in [1.165, 1.54) is 29.5 Å². The van der Waals surface area contributed by atoms with Crippen molar-refractivity contribution in [2.24, 2.45) is 10.2 Å². The number of hydrogen-bond donors (Lipinski definition) is 0. The summed E-state index contributed by atoms with van der Waals surface area (Å²) >= 11 is 1.36. The Morgan fingerprint density at radius 1 is 1.20 bits per heavy atom. The number of amides is 1. The maximum Gasteiger partial charge on any atom is 0.239 e. The number of thioether (sulfide) groups is 1. The van der Waals surface area contributed by atoms with Crippen LogP contribution < -0.4 is 0 Å². The van der Waals surface area contributed by atoms with Gasteiger partial charge in [0, 0.05) is 0 Å². The number of carbonyl (C=O) groups is 1. The molecule has 1 fully saturated rings. The molecule has 0 spiro atoms. The minimum absolute atomic E-state index is 0.0187. The van der Waals surface area contributed by atoms with Gasteiger partial charge in [-0.2, -0.15) is 5.10 Å². The van der Waals surface area contributed by atoms with Crippen molar-refractivity contribution in [3.63, 3.8) is 0 Å². The van der Waals surface area contributed by atoms with Crippen molar-refractivity contribution in [3.8, 4) is 0 Å². The van der Waals surface area contributed by atoms with Crippen LogP contribution in [0, 0.1) is 19.7 Å². The first kappa shape index (κ1) is 17.4. The molecule has 3 rings (SSSR count). The van der Waals surface area contributed by atoms with Crippen LogP contribution in [0.5, 0.6) is 0 Å². The molecule has 0 saturated carbocycles. The smallest absolute Gasteiger partial charge is 0.239 e. The van der Waals surface area contributed by atoms with Gasteiger partial charge in [-0.3, -0.25) is 9.69 Å². The molecule has 128 valence electrons. The van der Waals surface area contributed by atoms with Gasteiger partial charge in [0.25, 0.3) is 0 Å². The van der Waals surface area contributed by atoms with E-state index in [2.05, 4.69) is 16.3 Å². The highest BCUT2D eigenvalue weighted by atomic mass is 32.2. The van der Waals surface area contributed by atoms with Gasteiger partial charge in [-0.1, -0.05) is 47.7 Å². The van der Waals surface area contributed by atoms with Crippen LogP contribution in [0.25, 0.3) is 0 Å². The van der Waals surface area contributed by atoms with Gasteiger partial charge in [0.05, 0.1) is 18.5 Å². The summed E-state index contributed by atoms with van der Waals surface area (Å²) in [6, 6.07) is 12.2. The van der Waals surface area contributed by atoms with Crippen LogP contribution in [0.2, 0.25) is 0 Å². The molecular weight excluding hydrogens is 337 g/mol. The average Bonchev–Trinajstić information content (AvgIpc) is 2.92. The second kappa shape index (κ2) is 7.61. The van der Waals surface area contributed by atoms with E-state index in [-0.39, 0.29) is 11.7 Å². The number of hydrogen-bond acceptors (Lipinski definition) is 4. The molecule has 0 aromatic heterocycles. The van der Waals surface area contributed by atoms with E-state index in [0.717, 1.165) is 16.7 Å². The predicted molar refractivity (Wildman–Crippen MR) is 100 cm³/mol. The lowest BCUT2D eigenvalue weighted by Crippen LogP contribution is -2.28. The average molecular weight is 355 g/mol. The van der Waals surface area contributed by atoms with Crippen LogP contribution in [0.4, 0.5) is 4.39 Å². The number of rotatable bonds is 4. The van der Waals surface area contributed by atoms with Crippen molar-refractivity contribution >= 4 is 29.1 Å². The highest BCUT2D eigenvalue weighted by molar-refractivity contribution is 8.15. The molecule has 0 unspecified atom stereocenters. The lowest BCUT2D eigenvalue weighted by atomic mass is 10.1. The molecule has 0 radical (unpaired) electrons. The van der Waals surface area contributed by atoms with Crippen molar-refractivity contribution in [3.05, 3.63) is 70.5 Å². The Kier molecular flexibility index (Phi) is 5.28. The molecule has 0 aliphatic carbocycles. The summed E-state index contributed by atoms with van der Waals surface area (Å²) < 4.78 is 13.0. The van der Waals surface area contributed by atoms with Gasteiger partial charge in [0.2, 0.25) is 5.91 Å². The molecule has 1 aliphatic heterocycles. The van der Waals surface area contributed by atoms with Crippen LogP contribution in [-0.2, 0) is 11.3 Å². The molecule has 25 heavy (non-hydrogen) atoms. The Morgan fingerprint density at radius 2 is 1.96 bits per heavy atom. The highest BCUT2D eigenvalue weighted by Crippen LogP contribution is 2.22. The fourth-order valence-corrected chi connectivity index (χ4v) is 3.35. The quantitative estimate of drug-likeness (QED) is 0.617. The van der Waals surface area contributed by atoms with Gasteiger partial charge in [0.15, 0.2) is 5.17 Å². The lowest BCUT2D eigenvalue weighted by Gasteiger charge is -2.15. The molecular formula is C19H18FN3OS. The Labute approximate surface area is 150 Å². The molecule has 1 amide bonds. The third-order valence-corrected chi connectivity index (χ3v) is 4.83. The molecule has 0 bridgehead atoms. The number of amidine groups is 1. The first-order valence-corrected chi connectivity index (χ1v) is 8.87. The minimum Gasteiger partial charge on any atom is -0.285 e. The summed E-state index contributed by atoms with van der Waals surface area (Å²) in [5, 5.41) is 8.92. The second-order valence-corrected chi connectivity index (χ2v) is 6.82. The second-order valence-electron chi connectivity index (χ2n) is 5.88. The molecule has 0 N–H and O–H groups in total. The van der Waals surface area contributed by atoms with Gasteiger partial charge in [-0.15, -0.1) is 5.10 Å². The zero-order valence-electron chi connectivity index (χ0n) is 14.1. The number of nitrogens with zero attached hydrogens (tertiary/aromatic N) is 3. The third-order valence-electron chi connectivity index (χ3n) is 3.88. The summed E-state index contributed by atoms with van der Waals surface area (Å²) in [4.78, 5) is 13.7. The fraction of sp³-hybridized carbons (Fsp3) is 0.211. The van der Waals surface area contributed by atoms with Gasteiger partial charge in [-0.05, 0) is 42.7 Å². The normalized spacial score (nSPS) is 16.4. The molecule has 6 heteroatoms. The Balaban J connectivity index is 1.75. The largest absolute Gasteiger partial charge is 0.285 e. The van der Waals surface area contributed by atoms with E-state index in [1.54, 1.807) is 23.2 Å². The Hall–Kier alpha value is -2.47. The highest BCUT2D eigenvalue weighted by Gasteiger charge is 2.28. The zero-order chi connectivity index (χ0) is 17.8. The van der Waals surface area contributed by atoms with Gasteiger partial charge < -0.3 is 0 Å². The minimum atomic E-state index is -0.294. The molecule has 4 nitrogen and oxygen atoms in total. The van der Waals surface area contributed by atoms with Crippen molar-refractivity contribution in [1.82, 2.24) is 4.90 Å². The number of carbonyl (C=O) groups excluding carboxylic acids is 1. The summed E-state index contributed by atoms with van der Waals surface area (Å²) in [6.45, 7) is 4.43. The van der Waals surface area contributed by atoms with Crippen LogP contribution in [0.3, 0.4) is 0 Å². The Morgan fingerprint density at radius 3 is 2.68 bits per heavy atom. The van der Waals surface area contributed by atoms with E-state index in [0.29, 0.717) is 17.5 Å². The third kappa shape index (κ3) is 4.33. The maximum absolute atomic E-state index is 13.0. The van der Waals surface area contributed by atoms with Crippen LogP contribution >= 0.6 is 11.8 Å². The summed E-state index contributed by atoms with van der Waals surface area (Å²) in [5.74, 6) is 0.0340.